The summed E-state index contributed by atoms with van der Waals surface area (Å²) in [7, 11) is 1.66. The van der Waals surface area contributed by atoms with E-state index in [1.54, 1.807) is 7.11 Å². The standard InChI is InChI=1S/C16H22N2O2/c1-11-4-3-7-18(10-11)16(19)15-8-12-5-6-13(20-2)9-14(12)17-15/h5-6,9,11,15,17H,3-4,7-8,10H2,1-2H3. The zero-order chi connectivity index (χ0) is 14.1. The molecule has 2 atom stereocenters. The number of likely N-dealkylation sites (tertiary alicyclic amines) is 1. The van der Waals surface area contributed by atoms with Crippen molar-refractivity contribution in [3.8, 4) is 5.75 Å². The van der Waals surface area contributed by atoms with Crippen molar-refractivity contribution in [3.05, 3.63) is 23.8 Å². The van der Waals surface area contributed by atoms with E-state index >= 15 is 0 Å². The molecule has 0 spiro atoms. The summed E-state index contributed by atoms with van der Waals surface area (Å²) in [5.41, 5.74) is 2.24. The molecule has 0 aliphatic carbocycles. The average Bonchev–Trinajstić information content (AvgIpc) is 2.89. The van der Waals surface area contributed by atoms with Gasteiger partial charge in [-0.3, -0.25) is 4.79 Å². The lowest BCUT2D eigenvalue weighted by Gasteiger charge is -2.32. The molecule has 3 rings (SSSR count). The molecule has 0 bridgehead atoms. The summed E-state index contributed by atoms with van der Waals surface area (Å²) in [6.45, 7) is 4.03. The minimum atomic E-state index is -0.109. The van der Waals surface area contributed by atoms with Crippen molar-refractivity contribution in [3.63, 3.8) is 0 Å². The van der Waals surface area contributed by atoms with Gasteiger partial charge in [-0.05, 0) is 30.4 Å². The van der Waals surface area contributed by atoms with Gasteiger partial charge in [-0.25, -0.2) is 0 Å². The third-order valence-electron chi connectivity index (χ3n) is 4.34. The summed E-state index contributed by atoms with van der Waals surface area (Å²) in [5, 5.41) is 3.35. The van der Waals surface area contributed by atoms with E-state index in [9.17, 15) is 4.79 Å². The number of rotatable bonds is 2. The van der Waals surface area contributed by atoms with Crippen LogP contribution in [0, 0.1) is 5.92 Å². The molecule has 4 heteroatoms. The van der Waals surface area contributed by atoms with Gasteiger partial charge in [-0.15, -0.1) is 0 Å². The summed E-state index contributed by atoms with van der Waals surface area (Å²) in [6, 6.07) is 5.87. The van der Waals surface area contributed by atoms with Crippen molar-refractivity contribution in [2.24, 2.45) is 5.92 Å². The molecule has 1 saturated heterocycles. The minimum Gasteiger partial charge on any atom is -0.497 e. The predicted molar refractivity (Wildman–Crippen MR) is 79.1 cm³/mol. The Balaban J connectivity index is 1.69. The lowest BCUT2D eigenvalue weighted by molar-refractivity contribution is -0.133. The summed E-state index contributed by atoms with van der Waals surface area (Å²) < 4.78 is 5.23. The fourth-order valence-corrected chi connectivity index (χ4v) is 3.21. The molecule has 4 nitrogen and oxygen atoms in total. The number of ether oxygens (including phenoxy) is 1. The number of carbonyl (C=O) groups is 1. The number of methoxy groups -OCH3 is 1. The molecule has 1 amide bonds. The number of piperidine rings is 1. The second-order valence-electron chi connectivity index (χ2n) is 5.96. The number of hydrogen-bond donors (Lipinski definition) is 1. The number of nitrogens with zero attached hydrogens (tertiary/aromatic N) is 1. The number of benzene rings is 1. The van der Waals surface area contributed by atoms with Crippen LogP contribution in [0.15, 0.2) is 18.2 Å². The summed E-state index contributed by atoms with van der Waals surface area (Å²) in [6.07, 6.45) is 3.14. The summed E-state index contributed by atoms with van der Waals surface area (Å²) >= 11 is 0. The molecule has 0 aromatic heterocycles. The zero-order valence-electron chi connectivity index (χ0n) is 12.2. The monoisotopic (exact) mass is 274 g/mol. The molecule has 2 aliphatic rings. The van der Waals surface area contributed by atoms with E-state index in [0.717, 1.165) is 37.4 Å². The molecule has 1 aromatic carbocycles. The van der Waals surface area contributed by atoms with Crippen LogP contribution >= 0.6 is 0 Å². The van der Waals surface area contributed by atoms with Gasteiger partial charge in [0.1, 0.15) is 11.8 Å². The molecule has 1 N–H and O–H groups in total. The van der Waals surface area contributed by atoms with Gasteiger partial charge >= 0.3 is 0 Å². The predicted octanol–water partition coefficient (Wildman–Crippen LogP) is 2.29. The van der Waals surface area contributed by atoms with Gasteiger partial charge in [-0.2, -0.15) is 0 Å². The molecule has 0 radical (unpaired) electrons. The Bertz CT molecular complexity index is 515. The Morgan fingerprint density at radius 3 is 3.05 bits per heavy atom. The first-order valence-corrected chi connectivity index (χ1v) is 7.39. The van der Waals surface area contributed by atoms with E-state index < -0.39 is 0 Å². The Hall–Kier alpha value is -1.71. The zero-order valence-corrected chi connectivity index (χ0v) is 12.2. The maximum atomic E-state index is 12.6. The molecule has 108 valence electrons. The number of hydrogen-bond acceptors (Lipinski definition) is 3. The van der Waals surface area contributed by atoms with Crippen LogP contribution in [0.3, 0.4) is 0 Å². The van der Waals surface area contributed by atoms with Gasteiger partial charge < -0.3 is 15.0 Å². The summed E-state index contributed by atoms with van der Waals surface area (Å²) in [4.78, 5) is 14.6. The van der Waals surface area contributed by atoms with Gasteiger partial charge in [0.15, 0.2) is 0 Å². The topological polar surface area (TPSA) is 41.6 Å². The molecule has 2 aliphatic heterocycles. The van der Waals surface area contributed by atoms with Gasteiger partial charge in [0.2, 0.25) is 5.91 Å². The van der Waals surface area contributed by atoms with E-state index in [-0.39, 0.29) is 11.9 Å². The van der Waals surface area contributed by atoms with Gasteiger partial charge in [0.05, 0.1) is 7.11 Å². The fourth-order valence-electron chi connectivity index (χ4n) is 3.21. The van der Waals surface area contributed by atoms with Crippen molar-refractivity contribution >= 4 is 11.6 Å². The Kier molecular flexibility index (Phi) is 3.55. The number of anilines is 1. The number of amides is 1. The minimum absolute atomic E-state index is 0.109. The van der Waals surface area contributed by atoms with Gasteiger partial charge in [0.25, 0.3) is 0 Å². The number of fused-ring (bicyclic) bond motifs is 1. The van der Waals surface area contributed by atoms with Crippen molar-refractivity contribution in [1.29, 1.82) is 0 Å². The quantitative estimate of drug-likeness (QED) is 0.899. The van der Waals surface area contributed by atoms with Gasteiger partial charge in [0, 0.05) is 31.3 Å². The second kappa shape index (κ2) is 5.35. The lowest BCUT2D eigenvalue weighted by Crippen LogP contribution is -2.46. The molecular formula is C16H22N2O2. The molecule has 2 heterocycles. The van der Waals surface area contributed by atoms with Crippen molar-refractivity contribution < 1.29 is 9.53 Å². The van der Waals surface area contributed by atoms with Crippen LogP contribution in [0.4, 0.5) is 5.69 Å². The largest absolute Gasteiger partial charge is 0.497 e. The molecule has 0 saturated carbocycles. The molecule has 1 aromatic rings. The molecule has 2 unspecified atom stereocenters. The molecule has 20 heavy (non-hydrogen) atoms. The number of nitrogens with one attached hydrogen (secondary N) is 1. The Morgan fingerprint density at radius 1 is 1.45 bits per heavy atom. The van der Waals surface area contributed by atoms with E-state index in [1.807, 2.05) is 23.1 Å². The molecule has 1 fully saturated rings. The fraction of sp³-hybridized carbons (Fsp3) is 0.562. The van der Waals surface area contributed by atoms with E-state index in [2.05, 4.69) is 12.2 Å². The summed E-state index contributed by atoms with van der Waals surface area (Å²) in [5.74, 6) is 1.69. The molecular weight excluding hydrogens is 252 g/mol. The highest BCUT2D eigenvalue weighted by molar-refractivity contribution is 5.87. The highest BCUT2D eigenvalue weighted by Crippen LogP contribution is 2.30. The Labute approximate surface area is 120 Å². The first kappa shape index (κ1) is 13.3. The Morgan fingerprint density at radius 2 is 2.30 bits per heavy atom. The third-order valence-corrected chi connectivity index (χ3v) is 4.34. The highest BCUT2D eigenvalue weighted by Gasteiger charge is 2.32. The van der Waals surface area contributed by atoms with Gasteiger partial charge in [-0.1, -0.05) is 13.0 Å². The third kappa shape index (κ3) is 2.47. The van der Waals surface area contributed by atoms with Crippen LogP contribution in [0.5, 0.6) is 5.75 Å². The highest BCUT2D eigenvalue weighted by atomic mass is 16.5. The normalized spacial score (nSPS) is 25.0. The van der Waals surface area contributed by atoms with Crippen LogP contribution in [-0.4, -0.2) is 37.0 Å². The van der Waals surface area contributed by atoms with Crippen LogP contribution in [0.2, 0.25) is 0 Å². The number of carbonyl (C=O) groups excluding carboxylic acids is 1. The van der Waals surface area contributed by atoms with E-state index in [0.29, 0.717) is 5.92 Å². The van der Waals surface area contributed by atoms with E-state index in [4.69, 9.17) is 4.74 Å². The van der Waals surface area contributed by atoms with Crippen LogP contribution in [0.1, 0.15) is 25.3 Å². The van der Waals surface area contributed by atoms with Crippen molar-refractivity contribution in [2.75, 3.05) is 25.5 Å². The average molecular weight is 274 g/mol. The van der Waals surface area contributed by atoms with Crippen LogP contribution < -0.4 is 10.1 Å². The first-order valence-electron chi connectivity index (χ1n) is 7.39. The maximum Gasteiger partial charge on any atom is 0.245 e. The van der Waals surface area contributed by atoms with Crippen molar-refractivity contribution in [2.45, 2.75) is 32.2 Å². The lowest BCUT2D eigenvalue weighted by atomic mass is 9.99. The SMILES string of the molecule is COc1ccc2c(c1)NC(C(=O)N1CCCC(C)C1)C2. The van der Waals surface area contributed by atoms with Crippen molar-refractivity contribution in [1.82, 2.24) is 4.90 Å². The smallest absolute Gasteiger partial charge is 0.245 e. The van der Waals surface area contributed by atoms with E-state index in [1.165, 1.54) is 12.0 Å². The second-order valence-corrected chi connectivity index (χ2v) is 5.96. The first-order chi connectivity index (χ1) is 9.67. The van der Waals surface area contributed by atoms with Crippen LogP contribution in [-0.2, 0) is 11.2 Å². The maximum absolute atomic E-state index is 12.6. The van der Waals surface area contributed by atoms with Crippen LogP contribution in [0.25, 0.3) is 0 Å².